The zero-order chi connectivity index (χ0) is 65.3. The molecule has 0 saturated carbocycles. The van der Waals surface area contributed by atoms with Crippen LogP contribution in [0.25, 0.3) is 0 Å². The van der Waals surface area contributed by atoms with E-state index in [9.17, 15) is 0 Å². The molecule has 4 unspecified atom stereocenters. The molecule has 0 amide bonds. The highest BCUT2D eigenvalue weighted by Gasteiger charge is 2.41. The second kappa shape index (κ2) is 41.4. The minimum Gasteiger partial charge on any atom is -0.301 e. The van der Waals surface area contributed by atoms with Crippen LogP contribution in [0.3, 0.4) is 0 Å². The first-order valence-electron chi connectivity index (χ1n) is 37.8. The first kappa shape index (κ1) is 81.7. The summed E-state index contributed by atoms with van der Waals surface area (Å²) in [6.07, 6.45) is 15.4. The van der Waals surface area contributed by atoms with Gasteiger partial charge in [0.05, 0.1) is 0 Å². The second-order valence-corrected chi connectivity index (χ2v) is 33.7. The van der Waals surface area contributed by atoms with E-state index in [-0.39, 0.29) is 0 Å². The molecule has 514 valence electrons. The molecule has 9 nitrogen and oxygen atoms in total. The lowest BCUT2D eigenvalue weighted by Crippen LogP contribution is -2.57. The van der Waals surface area contributed by atoms with Crippen molar-refractivity contribution in [2.45, 2.75) is 338 Å². The summed E-state index contributed by atoms with van der Waals surface area (Å²) in [6.45, 7) is 88.3. The SMILES string of the molecule is CC(C)C1CCCN(C(C)C)CC1.CC(C)C1CCN(C(C)C)C1.CC(C)C1CCN(C(C)C)CC1.CC(C)C1CN(C(C)C)C1.CC(C)N1CC2CCC(C1)N2C(C)C.CC(C)N1CCC(C)(C(C)C)CC1.CC(C)N1CCCN(C(C)C)CC1. The summed E-state index contributed by atoms with van der Waals surface area (Å²) in [5.74, 6) is 8.26. The van der Waals surface area contributed by atoms with Crippen LogP contribution in [0.15, 0.2) is 0 Å². The maximum Gasteiger partial charge on any atom is 0.0230 e. The van der Waals surface area contributed by atoms with E-state index in [0.29, 0.717) is 17.5 Å². The normalized spacial score (nSPS) is 26.0. The number of hydrogen-bond donors (Lipinski definition) is 0. The van der Waals surface area contributed by atoms with Gasteiger partial charge in [-0.05, 0) is 313 Å². The minimum absolute atomic E-state index is 0.603. The molecule has 9 heteroatoms. The average Bonchev–Trinajstić information content (AvgIpc) is 2.28. The predicted molar refractivity (Wildman–Crippen MR) is 385 cm³/mol. The highest BCUT2D eigenvalue weighted by molar-refractivity contribution is 4.98. The number of hydrogen-bond acceptors (Lipinski definition) is 9. The molecule has 0 aliphatic carbocycles. The number of fused-ring (bicyclic) bond motifs is 2. The number of piperidine rings is 2. The van der Waals surface area contributed by atoms with Crippen molar-refractivity contribution in [2.24, 2.45) is 58.7 Å². The van der Waals surface area contributed by atoms with Gasteiger partial charge in [-0.15, -0.1) is 0 Å². The van der Waals surface area contributed by atoms with Crippen LogP contribution < -0.4 is 0 Å². The Balaban J connectivity index is 0.000000343. The number of likely N-dealkylation sites (tertiary alicyclic amines) is 6. The number of rotatable bonds is 14. The lowest BCUT2D eigenvalue weighted by atomic mass is 9.72. The van der Waals surface area contributed by atoms with Gasteiger partial charge >= 0.3 is 0 Å². The Morgan fingerprint density at radius 2 is 0.535 bits per heavy atom. The number of nitrogens with zero attached hydrogens (tertiary/aromatic N) is 9. The monoisotopic (exact) mass is 1210 g/mol. The zero-order valence-corrected chi connectivity index (χ0v) is 64.2. The van der Waals surface area contributed by atoms with E-state index in [1.54, 1.807) is 0 Å². The molecule has 0 N–H and O–H groups in total. The lowest BCUT2D eigenvalue weighted by Gasteiger charge is -2.44. The summed E-state index contributed by atoms with van der Waals surface area (Å²) < 4.78 is 0. The molecule has 8 heterocycles. The van der Waals surface area contributed by atoms with E-state index in [1.165, 1.54) is 175 Å². The fraction of sp³-hybridized carbons (Fsp3) is 1.00. The van der Waals surface area contributed by atoms with Gasteiger partial charge in [0, 0.05) is 112 Å². The molecule has 8 fully saturated rings. The van der Waals surface area contributed by atoms with Crippen LogP contribution in [-0.4, -0.2) is 215 Å². The van der Waals surface area contributed by atoms with Crippen molar-refractivity contribution in [3.8, 4) is 0 Å². The standard InChI is InChI=1S/C12H24N2.2C12H25N.C11H24N2.C11H23N.C10H21N.C9H19N/c1-9(2)13-7-11-5-6-12(8-13)14(11)10(3)4;1-10(2)12(5)6-8-13(9-7-12)11(3)4;1-10(2)12-6-5-8-13(9-7-12)11(3)4;1-10(2)12-6-5-7-13(9-8-12)11(3)4;1-9(2)11-5-7-12(8-6-11)10(3)4;1-8(2)10-5-6-11(7-10)9(3)4;1-7(2)9-5-10(6-9)8(3)4/h9-12H,5-8H2,1-4H3;10-11H,6-9H2,1-5H3;10-12H,5-9H2,1-4H3;10-11H,5-9H2,1-4H3;9-11H,5-8H2,1-4H3;8-10H,5-7H2,1-4H3;7-9H,5-6H2,1-4H3. The van der Waals surface area contributed by atoms with Gasteiger partial charge in [0.15, 0.2) is 0 Å². The quantitative estimate of drug-likeness (QED) is 0.169. The molecule has 0 spiro atoms. The Labute approximate surface area is 542 Å². The molecule has 86 heavy (non-hydrogen) atoms. The molecule has 0 aromatic heterocycles. The summed E-state index contributed by atoms with van der Waals surface area (Å²) in [7, 11) is 0. The van der Waals surface area contributed by atoms with E-state index in [1.807, 2.05) is 0 Å². The third kappa shape index (κ3) is 29.3. The summed E-state index contributed by atoms with van der Waals surface area (Å²) in [5.41, 5.74) is 0.603. The summed E-state index contributed by atoms with van der Waals surface area (Å²) in [6, 6.07) is 8.32. The Morgan fingerprint density at radius 3 is 0.860 bits per heavy atom. The third-order valence-electron chi connectivity index (χ3n) is 23.3. The highest BCUT2D eigenvalue weighted by Crippen LogP contribution is 2.39. The van der Waals surface area contributed by atoms with Gasteiger partial charge in [0.1, 0.15) is 0 Å². The molecule has 4 atom stereocenters. The van der Waals surface area contributed by atoms with E-state index in [0.717, 1.165) is 108 Å². The summed E-state index contributed by atoms with van der Waals surface area (Å²) in [4.78, 5) is 23.5. The molecule has 8 aliphatic rings. The molecule has 2 bridgehead atoms. The van der Waals surface area contributed by atoms with E-state index < -0.39 is 0 Å². The Bertz CT molecular complexity index is 1530. The highest BCUT2D eigenvalue weighted by atomic mass is 15.3. The maximum atomic E-state index is 2.75. The molecule has 0 radical (unpaired) electrons. The average molecular weight is 1210 g/mol. The van der Waals surface area contributed by atoms with Crippen LogP contribution in [0.2, 0.25) is 0 Å². The largest absolute Gasteiger partial charge is 0.301 e. The molecule has 0 aromatic carbocycles. The van der Waals surface area contributed by atoms with E-state index in [4.69, 9.17) is 0 Å². The molecular formula is C77H161N9. The van der Waals surface area contributed by atoms with Gasteiger partial charge in [-0.2, -0.15) is 0 Å². The second-order valence-electron chi connectivity index (χ2n) is 33.7. The van der Waals surface area contributed by atoms with Crippen molar-refractivity contribution in [3.63, 3.8) is 0 Å². The van der Waals surface area contributed by atoms with Gasteiger partial charge in [-0.25, -0.2) is 0 Å². The molecule has 8 saturated heterocycles. The topological polar surface area (TPSA) is 29.2 Å². The van der Waals surface area contributed by atoms with Crippen molar-refractivity contribution in [3.05, 3.63) is 0 Å². The fourth-order valence-electron chi connectivity index (χ4n) is 15.0. The molecular weight excluding hydrogens is 1050 g/mol. The van der Waals surface area contributed by atoms with Crippen molar-refractivity contribution in [1.82, 2.24) is 44.1 Å². The smallest absolute Gasteiger partial charge is 0.0230 e. The Hall–Kier alpha value is -0.360. The van der Waals surface area contributed by atoms with Gasteiger partial charge in [0.25, 0.3) is 0 Å². The van der Waals surface area contributed by atoms with E-state index in [2.05, 4.69) is 245 Å². The summed E-state index contributed by atoms with van der Waals surface area (Å²) >= 11 is 0. The van der Waals surface area contributed by atoms with Crippen molar-refractivity contribution in [1.29, 1.82) is 0 Å². The molecule has 8 rings (SSSR count). The van der Waals surface area contributed by atoms with Crippen LogP contribution in [0.1, 0.15) is 271 Å². The van der Waals surface area contributed by atoms with Crippen LogP contribution >= 0.6 is 0 Å². The first-order valence-corrected chi connectivity index (χ1v) is 37.8. The maximum absolute atomic E-state index is 2.75. The summed E-state index contributed by atoms with van der Waals surface area (Å²) in [5, 5.41) is 0. The fourth-order valence-corrected chi connectivity index (χ4v) is 15.0. The predicted octanol–water partition coefficient (Wildman–Crippen LogP) is 17.2. The van der Waals surface area contributed by atoms with Crippen LogP contribution in [-0.2, 0) is 0 Å². The molecule has 0 aromatic rings. The zero-order valence-electron chi connectivity index (χ0n) is 64.2. The van der Waals surface area contributed by atoms with Crippen LogP contribution in [0.4, 0.5) is 0 Å². The number of piperazine rings is 1. The lowest BCUT2D eigenvalue weighted by molar-refractivity contribution is 0.0292. The third-order valence-corrected chi connectivity index (χ3v) is 23.3. The van der Waals surface area contributed by atoms with E-state index >= 15 is 0 Å². The molecule has 8 aliphatic heterocycles. The van der Waals surface area contributed by atoms with Crippen LogP contribution in [0, 0.1) is 58.7 Å². The van der Waals surface area contributed by atoms with Crippen LogP contribution in [0.5, 0.6) is 0 Å². The van der Waals surface area contributed by atoms with Gasteiger partial charge < -0.3 is 24.5 Å². The Kier molecular flexibility index (Phi) is 39.3. The van der Waals surface area contributed by atoms with Crippen molar-refractivity contribution >= 4 is 0 Å². The first-order chi connectivity index (χ1) is 40.1. The van der Waals surface area contributed by atoms with Gasteiger partial charge in [-0.3, -0.25) is 19.6 Å². The van der Waals surface area contributed by atoms with Crippen molar-refractivity contribution in [2.75, 3.05) is 105 Å². The van der Waals surface area contributed by atoms with Gasteiger partial charge in [-0.1, -0.05) is 76.2 Å². The van der Waals surface area contributed by atoms with Crippen molar-refractivity contribution < 1.29 is 0 Å². The minimum atomic E-state index is 0.603. The Morgan fingerprint density at radius 1 is 0.244 bits per heavy atom. The van der Waals surface area contributed by atoms with Gasteiger partial charge in [0.2, 0.25) is 0 Å².